The van der Waals surface area contributed by atoms with Crippen LogP contribution in [0.5, 0.6) is 0 Å². The molecular weight excluding hydrogens is 182 g/mol. The van der Waals surface area contributed by atoms with Crippen molar-refractivity contribution >= 4 is 12.4 Å². The molecule has 0 radical (unpaired) electrons. The number of benzene rings is 1. The van der Waals surface area contributed by atoms with Gasteiger partial charge in [-0.2, -0.15) is 0 Å². The Hall–Kier alpha value is -0.530. The minimum Gasteiger partial charge on any atom is -0.308 e. The predicted molar refractivity (Wildman–Crippen MR) is 58.3 cm³/mol. The van der Waals surface area contributed by atoms with Crippen LogP contribution in [0.1, 0.15) is 25.3 Å². The van der Waals surface area contributed by atoms with Crippen molar-refractivity contribution in [2.75, 3.05) is 6.54 Å². The second kappa shape index (κ2) is 4.12. The van der Waals surface area contributed by atoms with E-state index >= 15 is 0 Å². The zero-order valence-corrected chi connectivity index (χ0v) is 8.73. The first-order valence-electron chi connectivity index (χ1n) is 4.62. The summed E-state index contributed by atoms with van der Waals surface area (Å²) in [6.07, 6.45) is 2.56. The van der Waals surface area contributed by atoms with Crippen LogP contribution < -0.4 is 5.32 Å². The number of hydrogen-bond donors (Lipinski definition) is 1. The molecule has 1 unspecified atom stereocenters. The summed E-state index contributed by atoms with van der Waals surface area (Å²) in [5.41, 5.74) is 1.66. The Kier molecular flexibility index (Phi) is 3.34. The van der Waals surface area contributed by atoms with Crippen molar-refractivity contribution in [1.82, 2.24) is 5.32 Å². The molecule has 1 nitrogen and oxygen atoms in total. The highest BCUT2D eigenvalue weighted by Crippen LogP contribution is 2.29. The highest BCUT2D eigenvalue weighted by molar-refractivity contribution is 5.85. The van der Waals surface area contributed by atoms with Gasteiger partial charge in [-0.15, -0.1) is 12.4 Å². The molecule has 2 rings (SSSR count). The third-order valence-electron chi connectivity index (χ3n) is 2.78. The topological polar surface area (TPSA) is 12.0 Å². The van der Waals surface area contributed by atoms with Crippen molar-refractivity contribution in [2.45, 2.75) is 25.3 Å². The minimum atomic E-state index is 0. The number of rotatable bonds is 1. The van der Waals surface area contributed by atoms with Crippen molar-refractivity contribution in [3.63, 3.8) is 0 Å². The van der Waals surface area contributed by atoms with Gasteiger partial charge in [-0.3, -0.25) is 0 Å². The molecule has 0 aromatic heterocycles. The molecule has 0 aliphatic carbocycles. The lowest BCUT2D eigenvalue weighted by Crippen LogP contribution is -2.32. The van der Waals surface area contributed by atoms with Crippen molar-refractivity contribution in [2.24, 2.45) is 0 Å². The fraction of sp³-hybridized carbons (Fsp3) is 0.455. The van der Waals surface area contributed by atoms with Crippen LogP contribution in [0.4, 0.5) is 0 Å². The molecule has 1 atom stereocenters. The van der Waals surface area contributed by atoms with Gasteiger partial charge in [-0.25, -0.2) is 0 Å². The van der Waals surface area contributed by atoms with Crippen LogP contribution >= 0.6 is 12.4 Å². The molecule has 0 amide bonds. The van der Waals surface area contributed by atoms with E-state index in [-0.39, 0.29) is 17.9 Å². The highest BCUT2D eigenvalue weighted by Gasteiger charge is 2.29. The first kappa shape index (κ1) is 10.6. The van der Waals surface area contributed by atoms with Crippen LogP contribution in [-0.4, -0.2) is 6.54 Å². The first-order valence-corrected chi connectivity index (χ1v) is 4.62. The Labute approximate surface area is 86.0 Å². The molecule has 0 bridgehead atoms. The molecule has 1 saturated heterocycles. The summed E-state index contributed by atoms with van der Waals surface area (Å²) in [6.45, 7) is 3.45. The Morgan fingerprint density at radius 3 is 2.46 bits per heavy atom. The van der Waals surface area contributed by atoms with Crippen molar-refractivity contribution in [3.05, 3.63) is 35.9 Å². The van der Waals surface area contributed by atoms with Gasteiger partial charge in [0.25, 0.3) is 0 Å². The Bertz CT molecular complexity index is 252. The maximum absolute atomic E-state index is 3.55. The highest BCUT2D eigenvalue weighted by atomic mass is 35.5. The number of hydrogen-bond acceptors (Lipinski definition) is 1. The summed E-state index contributed by atoms with van der Waals surface area (Å²) < 4.78 is 0. The first-order chi connectivity index (χ1) is 5.81. The molecule has 1 aliphatic heterocycles. The third kappa shape index (κ3) is 2.04. The van der Waals surface area contributed by atoms with E-state index in [4.69, 9.17) is 0 Å². The van der Waals surface area contributed by atoms with E-state index in [2.05, 4.69) is 42.6 Å². The largest absolute Gasteiger partial charge is 0.308 e. The SMILES string of the molecule is CC1(c2ccccc2)CCCN1.Cl. The molecule has 2 heteroatoms. The lowest BCUT2D eigenvalue weighted by atomic mass is 9.91. The summed E-state index contributed by atoms with van der Waals surface area (Å²) in [5, 5.41) is 3.55. The average Bonchev–Trinajstić information content (AvgIpc) is 2.55. The summed E-state index contributed by atoms with van der Waals surface area (Å²) in [7, 11) is 0. The number of nitrogens with one attached hydrogen (secondary N) is 1. The third-order valence-corrected chi connectivity index (χ3v) is 2.78. The van der Waals surface area contributed by atoms with E-state index in [1.807, 2.05) is 0 Å². The van der Waals surface area contributed by atoms with Gasteiger partial charge in [-0.1, -0.05) is 30.3 Å². The van der Waals surface area contributed by atoms with Gasteiger partial charge >= 0.3 is 0 Å². The zero-order chi connectivity index (χ0) is 8.44. The van der Waals surface area contributed by atoms with E-state index < -0.39 is 0 Å². The quantitative estimate of drug-likeness (QED) is 0.730. The van der Waals surface area contributed by atoms with Crippen LogP contribution in [0.2, 0.25) is 0 Å². The Morgan fingerprint density at radius 2 is 1.92 bits per heavy atom. The zero-order valence-electron chi connectivity index (χ0n) is 7.92. The molecule has 1 aromatic rings. The Balaban J connectivity index is 0.000000845. The van der Waals surface area contributed by atoms with Crippen LogP contribution in [-0.2, 0) is 5.54 Å². The smallest absolute Gasteiger partial charge is 0.0406 e. The fourth-order valence-corrected chi connectivity index (χ4v) is 1.95. The monoisotopic (exact) mass is 197 g/mol. The van der Waals surface area contributed by atoms with Crippen LogP contribution in [0.15, 0.2) is 30.3 Å². The van der Waals surface area contributed by atoms with Gasteiger partial charge in [0, 0.05) is 5.54 Å². The number of halogens is 1. The maximum atomic E-state index is 3.55. The van der Waals surface area contributed by atoms with Gasteiger partial charge in [0.1, 0.15) is 0 Å². The molecule has 1 N–H and O–H groups in total. The van der Waals surface area contributed by atoms with Crippen LogP contribution in [0.25, 0.3) is 0 Å². The van der Waals surface area contributed by atoms with Gasteiger partial charge in [0.2, 0.25) is 0 Å². The second-order valence-electron chi connectivity index (χ2n) is 3.73. The minimum absolute atomic E-state index is 0. The predicted octanol–water partition coefficient (Wildman–Crippen LogP) is 2.71. The lowest BCUT2D eigenvalue weighted by molar-refractivity contribution is 0.435. The van der Waals surface area contributed by atoms with Crippen LogP contribution in [0, 0.1) is 0 Å². The maximum Gasteiger partial charge on any atom is 0.0406 e. The average molecular weight is 198 g/mol. The second-order valence-corrected chi connectivity index (χ2v) is 3.73. The van der Waals surface area contributed by atoms with E-state index in [0.29, 0.717) is 0 Å². The van der Waals surface area contributed by atoms with Crippen molar-refractivity contribution in [3.8, 4) is 0 Å². The molecule has 1 aliphatic rings. The Morgan fingerprint density at radius 1 is 1.23 bits per heavy atom. The molecule has 0 saturated carbocycles. The van der Waals surface area contributed by atoms with Gasteiger partial charge in [-0.05, 0) is 31.9 Å². The van der Waals surface area contributed by atoms with E-state index in [1.165, 1.54) is 18.4 Å². The van der Waals surface area contributed by atoms with Crippen LogP contribution in [0.3, 0.4) is 0 Å². The fourth-order valence-electron chi connectivity index (χ4n) is 1.95. The molecule has 1 fully saturated rings. The standard InChI is InChI=1S/C11H15N.ClH/c1-11(8-5-9-12-11)10-6-3-2-4-7-10;/h2-4,6-7,12H,5,8-9H2,1H3;1H. The van der Waals surface area contributed by atoms with E-state index in [0.717, 1.165) is 6.54 Å². The summed E-state index contributed by atoms with van der Waals surface area (Å²) in [5.74, 6) is 0. The molecule has 1 heterocycles. The normalized spacial score (nSPS) is 26.8. The molecule has 13 heavy (non-hydrogen) atoms. The van der Waals surface area contributed by atoms with Gasteiger partial charge < -0.3 is 5.32 Å². The lowest BCUT2D eigenvalue weighted by Gasteiger charge is -2.24. The van der Waals surface area contributed by atoms with Crippen molar-refractivity contribution < 1.29 is 0 Å². The summed E-state index contributed by atoms with van der Waals surface area (Å²) >= 11 is 0. The van der Waals surface area contributed by atoms with E-state index in [9.17, 15) is 0 Å². The summed E-state index contributed by atoms with van der Waals surface area (Å²) in [6, 6.07) is 10.7. The van der Waals surface area contributed by atoms with Gasteiger partial charge in [0.15, 0.2) is 0 Å². The molecule has 1 aromatic carbocycles. The molecular formula is C11H16ClN. The molecule has 72 valence electrons. The summed E-state index contributed by atoms with van der Waals surface area (Å²) in [4.78, 5) is 0. The van der Waals surface area contributed by atoms with Crippen molar-refractivity contribution in [1.29, 1.82) is 0 Å². The van der Waals surface area contributed by atoms with E-state index in [1.54, 1.807) is 0 Å². The van der Waals surface area contributed by atoms with Gasteiger partial charge in [0.05, 0.1) is 0 Å². The molecule has 0 spiro atoms.